The molecule has 1 aromatic carbocycles. The zero-order valence-corrected chi connectivity index (χ0v) is 21.5. The molecule has 1 saturated carbocycles. The monoisotopic (exact) mass is 528 g/mol. The molecule has 0 bridgehead atoms. The molecule has 38 heavy (non-hydrogen) atoms. The zero-order chi connectivity index (χ0) is 26.5. The zero-order valence-electron chi connectivity index (χ0n) is 21.5. The second-order valence-electron chi connectivity index (χ2n) is 11.4. The summed E-state index contributed by atoms with van der Waals surface area (Å²) >= 11 is 0. The van der Waals surface area contributed by atoms with Crippen LogP contribution in [0.25, 0.3) is 0 Å². The highest BCUT2D eigenvalue weighted by atomic mass is 19.4. The number of hydrogen-bond acceptors (Lipinski definition) is 5. The lowest BCUT2D eigenvalue weighted by Crippen LogP contribution is -2.47. The van der Waals surface area contributed by atoms with Crippen LogP contribution < -0.4 is 4.90 Å². The van der Waals surface area contributed by atoms with Gasteiger partial charge in [-0.2, -0.15) is 13.2 Å². The number of alkyl halides is 3. The minimum absolute atomic E-state index is 0.155. The first-order valence-corrected chi connectivity index (χ1v) is 13.9. The highest BCUT2D eigenvalue weighted by Crippen LogP contribution is 2.42. The number of halogens is 3. The third kappa shape index (κ3) is 4.68. The third-order valence-corrected chi connectivity index (χ3v) is 9.37. The molecule has 3 atom stereocenters. The Morgan fingerprint density at radius 2 is 1.74 bits per heavy atom. The summed E-state index contributed by atoms with van der Waals surface area (Å²) in [5.41, 5.74) is -0.224. The van der Waals surface area contributed by atoms with Gasteiger partial charge in [-0.25, -0.2) is 0 Å². The molecule has 1 aromatic heterocycles. The van der Waals surface area contributed by atoms with Gasteiger partial charge in [-0.1, -0.05) is 12.1 Å². The molecule has 1 unspecified atom stereocenters. The average molecular weight is 529 g/mol. The van der Waals surface area contributed by atoms with Crippen molar-refractivity contribution in [2.75, 3.05) is 31.1 Å². The molecule has 4 heterocycles. The highest BCUT2D eigenvalue weighted by Gasteiger charge is 2.49. The minimum Gasteiger partial charge on any atom is -0.384 e. The number of aliphatic hydroxyl groups is 1. The molecule has 9 heteroatoms. The van der Waals surface area contributed by atoms with E-state index in [-0.39, 0.29) is 17.9 Å². The van der Waals surface area contributed by atoms with Gasteiger partial charge >= 0.3 is 6.18 Å². The van der Waals surface area contributed by atoms with Crippen molar-refractivity contribution < 1.29 is 23.1 Å². The van der Waals surface area contributed by atoms with Crippen LogP contribution in [0.15, 0.2) is 48.7 Å². The van der Waals surface area contributed by atoms with Crippen LogP contribution in [0, 0.1) is 5.92 Å². The number of likely N-dealkylation sites (tertiary alicyclic amines) is 2. The predicted molar refractivity (Wildman–Crippen MR) is 137 cm³/mol. The molecule has 3 saturated heterocycles. The van der Waals surface area contributed by atoms with E-state index < -0.39 is 17.3 Å². The summed E-state index contributed by atoms with van der Waals surface area (Å²) < 4.78 is 39.5. The van der Waals surface area contributed by atoms with Crippen molar-refractivity contribution in [2.45, 2.75) is 74.8 Å². The smallest absolute Gasteiger partial charge is 0.384 e. The number of pyridine rings is 1. The SMILES string of the molecule is O=C(C1CCN(c2cccc(C(F)(F)F)c2)C1)N1CC[C@@H]2[C@H]1CCN2[C@H]1CC[C@](O)(c2ccccn2)CC1. The second-order valence-corrected chi connectivity index (χ2v) is 11.4. The van der Waals surface area contributed by atoms with E-state index in [0.29, 0.717) is 50.1 Å². The fourth-order valence-corrected chi connectivity index (χ4v) is 7.36. The van der Waals surface area contributed by atoms with Gasteiger partial charge < -0.3 is 14.9 Å². The van der Waals surface area contributed by atoms with Crippen molar-refractivity contribution in [1.29, 1.82) is 0 Å². The number of rotatable bonds is 4. The van der Waals surface area contributed by atoms with Crippen molar-refractivity contribution in [3.8, 4) is 0 Å². The van der Waals surface area contributed by atoms with Crippen molar-refractivity contribution in [3.63, 3.8) is 0 Å². The van der Waals surface area contributed by atoms with E-state index in [1.165, 1.54) is 12.1 Å². The largest absolute Gasteiger partial charge is 0.416 e. The topological polar surface area (TPSA) is 59.9 Å². The Kier molecular flexibility index (Phi) is 6.63. The fraction of sp³-hybridized carbons (Fsp3) is 0.586. The Balaban J connectivity index is 1.06. The Morgan fingerprint density at radius 1 is 0.947 bits per heavy atom. The molecule has 6 nitrogen and oxygen atoms in total. The molecular formula is C29H35F3N4O2. The van der Waals surface area contributed by atoms with Crippen molar-refractivity contribution >= 4 is 11.6 Å². The molecule has 6 rings (SSSR count). The number of fused-ring (bicyclic) bond motifs is 1. The highest BCUT2D eigenvalue weighted by molar-refractivity contribution is 5.81. The van der Waals surface area contributed by atoms with Crippen LogP contribution in [0.1, 0.15) is 56.2 Å². The number of aromatic nitrogens is 1. The van der Waals surface area contributed by atoms with Gasteiger partial charge in [-0.3, -0.25) is 14.7 Å². The number of carbonyl (C=O) groups is 1. The molecule has 1 N–H and O–H groups in total. The van der Waals surface area contributed by atoms with Gasteiger partial charge in [0.15, 0.2) is 0 Å². The maximum Gasteiger partial charge on any atom is 0.416 e. The molecule has 2 aromatic rings. The van der Waals surface area contributed by atoms with Crippen LogP contribution in [0.5, 0.6) is 0 Å². The van der Waals surface area contributed by atoms with E-state index in [9.17, 15) is 23.1 Å². The first-order valence-electron chi connectivity index (χ1n) is 13.9. The molecule has 1 aliphatic carbocycles. The van der Waals surface area contributed by atoms with E-state index in [1.807, 2.05) is 23.1 Å². The summed E-state index contributed by atoms with van der Waals surface area (Å²) in [6.45, 7) is 2.77. The van der Waals surface area contributed by atoms with Crippen molar-refractivity contribution in [2.24, 2.45) is 5.92 Å². The van der Waals surface area contributed by atoms with Gasteiger partial charge in [-0.05, 0) is 75.3 Å². The Bertz CT molecular complexity index is 1150. The van der Waals surface area contributed by atoms with Crippen LogP contribution in [-0.4, -0.2) is 70.1 Å². The lowest BCUT2D eigenvalue weighted by molar-refractivity contribution is -0.137. The van der Waals surface area contributed by atoms with E-state index in [2.05, 4.69) is 14.8 Å². The number of benzene rings is 1. The molecule has 204 valence electrons. The fourth-order valence-electron chi connectivity index (χ4n) is 7.36. The molecule has 1 amide bonds. The summed E-state index contributed by atoms with van der Waals surface area (Å²) in [6.07, 6.45) is 3.16. The van der Waals surface area contributed by atoms with Crippen LogP contribution in [-0.2, 0) is 16.6 Å². The quantitative estimate of drug-likeness (QED) is 0.636. The van der Waals surface area contributed by atoms with E-state index in [0.717, 1.165) is 50.5 Å². The number of amides is 1. The first kappa shape index (κ1) is 25.6. The van der Waals surface area contributed by atoms with Crippen LogP contribution in [0.3, 0.4) is 0 Å². The lowest BCUT2D eigenvalue weighted by atomic mass is 9.79. The normalized spacial score (nSPS) is 32.1. The molecule has 4 aliphatic rings. The third-order valence-electron chi connectivity index (χ3n) is 9.37. The second kappa shape index (κ2) is 9.83. The van der Waals surface area contributed by atoms with Gasteiger partial charge in [0.2, 0.25) is 5.91 Å². The summed E-state index contributed by atoms with van der Waals surface area (Å²) in [7, 11) is 0. The maximum absolute atomic E-state index is 13.6. The Hall–Kier alpha value is -2.65. The molecule has 0 radical (unpaired) electrons. The number of anilines is 1. The predicted octanol–water partition coefficient (Wildman–Crippen LogP) is 4.43. The minimum atomic E-state index is -4.38. The number of carbonyl (C=O) groups excluding carboxylic acids is 1. The maximum atomic E-state index is 13.6. The van der Waals surface area contributed by atoms with Crippen LogP contribution >= 0.6 is 0 Å². The molecular weight excluding hydrogens is 493 g/mol. The summed E-state index contributed by atoms with van der Waals surface area (Å²) in [6, 6.07) is 12.1. The van der Waals surface area contributed by atoms with Crippen molar-refractivity contribution in [1.82, 2.24) is 14.8 Å². The van der Waals surface area contributed by atoms with Gasteiger partial charge in [0, 0.05) is 56.2 Å². The van der Waals surface area contributed by atoms with Gasteiger partial charge in [0.05, 0.1) is 17.2 Å². The van der Waals surface area contributed by atoms with Crippen molar-refractivity contribution in [3.05, 3.63) is 59.9 Å². The standard InChI is InChI=1S/C29H35F3N4O2/c30-29(31,32)21-4-3-5-23(18-21)34-15-9-20(19-34)27(37)36-17-11-24-25(36)10-16-35(24)22-7-12-28(38,13-8-22)26-6-1-2-14-33-26/h1-6,14,18,20,22,24-25,38H,7-13,15-17,19H2/t20?,22-,24-,25-,28+/m1/s1. The summed E-state index contributed by atoms with van der Waals surface area (Å²) in [5, 5.41) is 11.2. The first-order chi connectivity index (χ1) is 18.2. The van der Waals surface area contributed by atoms with Gasteiger partial charge in [0.25, 0.3) is 0 Å². The van der Waals surface area contributed by atoms with Gasteiger partial charge in [-0.15, -0.1) is 0 Å². The molecule has 3 aliphatic heterocycles. The van der Waals surface area contributed by atoms with E-state index >= 15 is 0 Å². The average Bonchev–Trinajstić information content (AvgIpc) is 3.66. The number of hydrogen-bond donors (Lipinski definition) is 1. The Morgan fingerprint density at radius 3 is 2.47 bits per heavy atom. The van der Waals surface area contributed by atoms with Crippen LogP contribution in [0.2, 0.25) is 0 Å². The lowest BCUT2D eigenvalue weighted by Gasteiger charge is -2.41. The Labute approximate surface area is 221 Å². The van der Waals surface area contributed by atoms with E-state index in [4.69, 9.17) is 0 Å². The summed E-state index contributed by atoms with van der Waals surface area (Å²) in [5.74, 6) is -0.0256. The summed E-state index contributed by atoms with van der Waals surface area (Å²) in [4.78, 5) is 24.5. The van der Waals surface area contributed by atoms with E-state index in [1.54, 1.807) is 12.3 Å². The number of nitrogens with zero attached hydrogens (tertiary/aromatic N) is 4. The molecule has 0 spiro atoms. The van der Waals surface area contributed by atoms with Gasteiger partial charge in [0.1, 0.15) is 5.60 Å². The molecule has 4 fully saturated rings. The van der Waals surface area contributed by atoms with Crippen LogP contribution in [0.4, 0.5) is 18.9 Å².